The number of amides is 3. The zero-order valence-electron chi connectivity index (χ0n) is 17.0. The van der Waals surface area contributed by atoms with Gasteiger partial charge in [0.25, 0.3) is 0 Å². The van der Waals surface area contributed by atoms with E-state index < -0.39 is 23.9 Å². The summed E-state index contributed by atoms with van der Waals surface area (Å²) in [7, 11) is 0. The molecule has 1 atom stereocenters. The van der Waals surface area contributed by atoms with Gasteiger partial charge in [0.05, 0.1) is 17.8 Å². The van der Waals surface area contributed by atoms with Crippen LogP contribution < -0.4 is 21.1 Å². The SMILES string of the molecule is NC(=O)C[C@H](NC(=O)Oc1ccccc1)C(=O)Nc1ccc(N=Nc2ccccc2)cc1. The highest BCUT2D eigenvalue weighted by molar-refractivity contribution is 5.99. The Labute approximate surface area is 184 Å². The van der Waals surface area contributed by atoms with E-state index in [9.17, 15) is 14.4 Å². The van der Waals surface area contributed by atoms with E-state index in [1.807, 2.05) is 30.3 Å². The highest BCUT2D eigenvalue weighted by atomic mass is 16.6. The first-order chi connectivity index (χ1) is 15.5. The van der Waals surface area contributed by atoms with E-state index in [0.717, 1.165) is 0 Å². The van der Waals surface area contributed by atoms with Gasteiger partial charge in [0.15, 0.2) is 0 Å². The van der Waals surface area contributed by atoms with Crippen LogP contribution >= 0.6 is 0 Å². The summed E-state index contributed by atoms with van der Waals surface area (Å²) >= 11 is 0. The Bertz CT molecular complexity index is 1090. The van der Waals surface area contributed by atoms with Gasteiger partial charge in [0, 0.05) is 5.69 Å². The number of ether oxygens (including phenoxy) is 1. The van der Waals surface area contributed by atoms with Crippen molar-refractivity contribution in [3.63, 3.8) is 0 Å². The molecule has 9 nitrogen and oxygen atoms in total. The number of nitrogens with two attached hydrogens (primary N) is 1. The Morgan fingerprint density at radius 1 is 0.812 bits per heavy atom. The summed E-state index contributed by atoms with van der Waals surface area (Å²) < 4.78 is 5.10. The lowest BCUT2D eigenvalue weighted by Gasteiger charge is -2.17. The Balaban J connectivity index is 1.60. The number of hydrogen-bond donors (Lipinski definition) is 3. The highest BCUT2D eigenvalue weighted by Crippen LogP contribution is 2.20. The zero-order chi connectivity index (χ0) is 22.8. The molecule has 9 heteroatoms. The van der Waals surface area contributed by atoms with Crippen LogP contribution in [0.15, 0.2) is 95.2 Å². The van der Waals surface area contributed by atoms with Crippen molar-refractivity contribution >= 4 is 35.0 Å². The molecule has 0 heterocycles. The quantitative estimate of drug-likeness (QED) is 0.463. The second-order valence-electron chi connectivity index (χ2n) is 6.64. The summed E-state index contributed by atoms with van der Waals surface area (Å²) in [5.41, 5.74) is 6.97. The third kappa shape index (κ3) is 7.06. The van der Waals surface area contributed by atoms with E-state index in [0.29, 0.717) is 22.8 Å². The monoisotopic (exact) mass is 431 g/mol. The third-order valence-electron chi connectivity index (χ3n) is 4.14. The predicted octanol–water partition coefficient (Wildman–Crippen LogP) is 4.07. The predicted molar refractivity (Wildman–Crippen MR) is 119 cm³/mol. The lowest BCUT2D eigenvalue weighted by atomic mass is 10.1. The van der Waals surface area contributed by atoms with Crippen molar-refractivity contribution in [1.82, 2.24) is 5.32 Å². The number of carbonyl (C=O) groups is 3. The molecule has 0 radical (unpaired) electrons. The van der Waals surface area contributed by atoms with Gasteiger partial charge in [0.2, 0.25) is 11.8 Å². The average Bonchev–Trinajstić information content (AvgIpc) is 2.79. The summed E-state index contributed by atoms with van der Waals surface area (Å²) in [5.74, 6) is -1.07. The highest BCUT2D eigenvalue weighted by Gasteiger charge is 2.24. The molecule has 0 spiro atoms. The summed E-state index contributed by atoms with van der Waals surface area (Å²) in [4.78, 5) is 36.1. The minimum Gasteiger partial charge on any atom is -0.410 e. The van der Waals surface area contributed by atoms with E-state index in [1.54, 1.807) is 54.6 Å². The Kier molecular flexibility index (Phi) is 7.63. The molecule has 0 saturated carbocycles. The number of benzene rings is 3. The third-order valence-corrected chi connectivity index (χ3v) is 4.14. The van der Waals surface area contributed by atoms with Crippen molar-refractivity contribution in [2.24, 2.45) is 16.0 Å². The van der Waals surface area contributed by atoms with E-state index >= 15 is 0 Å². The summed E-state index contributed by atoms with van der Waals surface area (Å²) in [5, 5.41) is 13.2. The lowest BCUT2D eigenvalue weighted by Crippen LogP contribution is -2.47. The second kappa shape index (κ2) is 11.0. The van der Waals surface area contributed by atoms with Crippen LogP contribution in [0.4, 0.5) is 21.9 Å². The number of anilines is 1. The van der Waals surface area contributed by atoms with E-state index in [4.69, 9.17) is 10.5 Å². The normalized spacial score (nSPS) is 11.5. The molecule has 3 amide bonds. The number of hydrogen-bond acceptors (Lipinski definition) is 6. The second-order valence-corrected chi connectivity index (χ2v) is 6.64. The molecule has 32 heavy (non-hydrogen) atoms. The van der Waals surface area contributed by atoms with Gasteiger partial charge >= 0.3 is 6.09 Å². The van der Waals surface area contributed by atoms with Crippen LogP contribution in [-0.2, 0) is 9.59 Å². The Morgan fingerprint density at radius 2 is 1.38 bits per heavy atom. The zero-order valence-corrected chi connectivity index (χ0v) is 17.0. The molecular formula is C23H21N5O4. The van der Waals surface area contributed by atoms with Gasteiger partial charge in [-0.2, -0.15) is 10.2 Å². The molecule has 3 aromatic rings. The molecule has 4 N–H and O–H groups in total. The maximum atomic E-state index is 12.6. The molecule has 0 unspecified atom stereocenters. The van der Waals surface area contributed by atoms with Gasteiger partial charge in [-0.25, -0.2) is 4.79 Å². The molecule has 3 aromatic carbocycles. The van der Waals surface area contributed by atoms with Gasteiger partial charge in [-0.05, 0) is 48.5 Å². The number of carbonyl (C=O) groups excluding carboxylic acids is 3. The van der Waals surface area contributed by atoms with E-state index in [2.05, 4.69) is 20.9 Å². The Morgan fingerprint density at radius 3 is 1.97 bits per heavy atom. The maximum Gasteiger partial charge on any atom is 0.413 e. The number of rotatable bonds is 8. The van der Waals surface area contributed by atoms with E-state index in [-0.39, 0.29) is 6.42 Å². The van der Waals surface area contributed by atoms with Crippen molar-refractivity contribution < 1.29 is 19.1 Å². The van der Waals surface area contributed by atoms with E-state index in [1.165, 1.54) is 0 Å². The average molecular weight is 431 g/mol. The summed E-state index contributed by atoms with van der Waals surface area (Å²) in [6.07, 6.45) is -1.27. The summed E-state index contributed by atoms with van der Waals surface area (Å²) in [6, 6.07) is 23.0. The van der Waals surface area contributed by atoms with Crippen molar-refractivity contribution in [3.8, 4) is 5.75 Å². The van der Waals surface area contributed by atoms with Crippen molar-refractivity contribution in [1.29, 1.82) is 0 Å². The van der Waals surface area contributed by atoms with Crippen LogP contribution in [0, 0.1) is 0 Å². The fourth-order valence-electron chi connectivity index (χ4n) is 2.63. The van der Waals surface area contributed by atoms with Crippen LogP contribution in [0.5, 0.6) is 5.75 Å². The molecule has 3 rings (SSSR count). The lowest BCUT2D eigenvalue weighted by molar-refractivity contribution is -0.123. The molecule has 0 aliphatic heterocycles. The number of para-hydroxylation sites is 1. The largest absolute Gasteiger partial charge is 0.413 e. The maximum absolute atomic E-state index is 12.6. The van der Waals surface area contributed by atoms with Gasteiger partial charge in [-0.3, -0.25) is 9.59 Å². The molecule has 0 fully saturated rings. The number of nitrogens with one attached hydrogen (secondary N) is 2. The molecule has 0 bridgehead atoms. The summed E-state index contributed by atoms with van der Waals surface area (Å²) in [6.45, 7) is 0. The fourth-order valence-corrected chi connectivity index (χ4v) is 2.63. The van der Waals surface area contributed by atoms with Crippen molar-refractivity contribution in [2.75, 3.05) is 5.32 Å². The van der Waals surface area contributed by atoms with Gasteiger partial charge in [-0.1, -0.05) is 36.4 Å². The first-order valence-electron chi connectivity index (χ1n) is 9.69. The van der Waals surface area contributed by atoms with Crippen LogP contribution in [-0.4, -0.2) is 23.9 Å². The van der Waals surface area contributed by atoms with Crippen LogP contribution in [0.3, 0.4) is 0 Å². The molecule has 0 saturated heterocycles. The number of nitrogens with zero attached hydrogens (tertiary/aromatic N) is 2. The Hall–Kier alpha value is -4.53. The standard InChI is InChI=1S/C23H21N5O4/c24-21(29)15-20(26-23(31)32-19-9-5-2-6-10-19)22(30)25-16-11-13-18(14-12-16)28-27-17-7-3-1-4-8-17/h1-14,20H,15H2,(H2,24,29)(H,25,30)(H,26,31)/t20-/m0/s1. The van der Waals surface area contributed by atoms with Crippen molar-refractivity contribution in [2.45, 2.75) is 12.5 Å². The van der Waals surface area contributed by atoms with Gasteiger partial charge in [0.1, 0.15) is 11.8 Å². The number of primary amides is 1. The fraction of sp³-hybridized carbons (Fsp3) is 0.0870. The molecule has 0 aliphatic carbocycles. The topological polar surface area (TPSA) is 135 Å². The van der Waals surface area contributed by atoms with Crippen LogP contribution in [0.2, 0.25) is 0 Å². The molecule has 0 aliphatic rings. The smallest absolute Gasteiger partial charge is 0.410 e. The van der Waals surface area contributed by atoms with Crippen LogP contribution in [0.1, 0.15) is 6.42 Å². The first-order valence-corrected chi connectivity index (χ1v) is 9.69. The van der Waals surface area contributed by atoms with Crippen molar-refractivity contribution in [3.05, 3.63) is 84.9 Å². The molecule has 162 valence electrons. The van der Waals surface area contributed by atoms with Crippen LogP contribution in [0.25, 0.3) is 0 Å². The van der Waals surface area contributed by atoms with Gasteiger partial charge in [-0.15, -0.1) is 0 Å². The molecule has 0 aromatic heterocycles. The minimum absolute atomic E-state index is 0.295. The van der Waals surface area contributed by atoms with Gasteiger partial charge < -0.3 is 21.1 Å². The molecular weight excluding hydrogens is 410 g/mol. The number of azo groups is 1. The first kappa shape index (κ1) is 22.2. The minimum atomic E-state index is -1.21.